The molecule has 1 N–H and O–H groups in total. The second kappa shape index (κ2) is 5.43. The number of aliphatic hydroxyl groups excluding tert-OH is 1. The van der Waals surface area contributed by atoms with E-state index in [9.17, 15) is 18.1 Å². The Kier molecular flexibility index (Phi) is 3.88. The van der Waals surface area contributed by atoms with E-state index in [1.807, 2.05) is 0 Å². The van der Waals surface area contributed by atoms with E-state index in [0.29, 0.717) is 11.5 Å². The maximum atomic E-state index is 10.5. The maximum Gasteiger partial charge on any atom is 0.227 e. The van der Waals surface area contributed by atoms with E-state index in [0.717, 1.165) is 0 Å². The molecule has 2 rings (SSSR count). The van der Waals surface area contributed by atoms with E-state index >= 15 is 0 Å². The first-order chi connectivity index (χ1) is 8.94. The third-order valence-electron chi connectivity index (χ3n) is 2.24. The molecule has 102 valence electrons. The van der Waals surface area contributed by atoms with Gasteiger partial charge >= 0.3 is 0 Å². The van der Waals surface area contributed by atoms with Gasteiger partial charge in [0.25, 0.3) is 0 Å². The fraction of sp³-hybridized carbons (Fsp3) is 0.300. The molecule has 1 unspecified atom stereocenters. The quantitative estimate of drug-likeness (QED) is 0.548. The molecule has 0 radical (unpaired) electrons. The lowest BCUT2D eigenvalue weighted by atomic mass is 10.3. The average molecular weight is 285 g/mol. The summed E-state index contributed by atoms with van der Waals surface area (Å²) in [6, 6.07) is 1.65. The standard InChI is InChI=1S/C10H11N3O5S/c14-9(7-19(15,16)17)6-13-3-1-8(5-12-13)10-11-2-4-18-10/h1-5,9,14H,6-7H2. The molecule has 0 aliphatic carbocycles. The van der Waals surface area contributed by atoms with Crippen molar-refractivity contribution in [1.82, 2.24) is 10.1 Å². The molecule has 0 aliphatic rings. The molecule has 8 nitrogen and oxygen atoms in total. The molecule has 0 aromatic carbocycles. The van der Waals surface area contributed by atoms with Crippen LogP contribution in [0.5, 0.6) is 0 Å². The summed E-state index contributed by atoms with van der Waals surface area (Å²) in [6.45, 7) is -0.0899. The minimum atomic E-state index is -4.45. The van der Waals surface area contributed by atoms with Gasteiger partial charge in [0.1, 0.15) is 18.6 Å². The summed E-state index contributed by atoms with van der Waals surface area (Å²) in [6.07, 6.45) is 4.62. The summed E-state index contributed by atoms with van der Waals surface area (Å²) in [7, 11) is -4.45. The number of oxazole rings is 1. The summed E-state index contributed by atoms with van der Waals surface area (Å²) >= 11 is 0. The van der Waals surface area contributed by atoms with E-state index in [2.05, 4.69) is 10.1 Å². The predicted octanol–water partition coefficient (Wildman–Crippen LogP) is -1.07. The highest BCUT2D eigenvalue weighted by atomic mass is 32.2. The number of rotatable bonds is 5. The fourth-order valence-electron chi connectivity index (χ4n) is 1.49. The molecule has 19 heavy (non-hydrogen) atoms. The van der Waals surface area contributed by atoms with E-state index in [1.54, 1.807) is 6.07 Å². The van der Waals surface area contributed by atoms with Crippen LogP contribution in [0.25, 0.3) is 11.5 Å². The zero-order chi connectivity index (χ0) is 13.9. The molecule has 0 saturated carbocycles. The third-order valence-corrected chi connectivity index (χ3v) is 3.04. The minimum absolute atomic E-state index is 0.0899. The van der Waals surface area contributed by atoms with Gasteiger partial charge in [-0.15, -0.1) is 0 Å². The van der Waals surface area contributed by atoms with Crippen molar-refractivity contribution in [1.29, 1.82) is 0 Å². The van der Waals surface area contributed by atoms with Gasteiger partial charge in [0.15, 0.2) is 6.20 Å². The van der Waals surface area contributed by atoms with Crippen LogP contribution in [0.15, 0.2) is 35.3 Å². The Morgan fingerprint density at radius 3 is 2.84 bits per heavy atom. The molecule has 2 aromatic rings. The number of aromatic nitrogens is 3. The van der Waals surface area contributed by atoms with Crippen LogP contribution in [0.4, 0.5) is 0 Å². The number of hydrogen-bond acceptors (Lipinski definition) is 7. The molecule has 0 fully saturated rings. The van der Waals surface area contributed by atoms with Crippen LogP contribution in [0.1, 0.15) is 0 Å². The molecule has 0 amide bonds. The summed E-state index contributed by atoms with van der Waals surface area (Å²) in [5.74, 6) is -0.439. The van der Waals surface area contributed by atoms with Crippen LogP contribution in [-0.2, 0) is 16.7 Å². The minimum Gasteiger partial charge on any atom is -0.748 e. The number of nitrogens with zero attached hydrogens (tertiary/aromatic N) is 3. The van der Waals surface area contributed by atoms with Gasteiger partial charge in [-0.25, -0.2) is 13.4 Å². The summed E-state index contributed by atoms with van der Waals surface area (Å²) < 4.78 is 37.8. The van der Waals surface area contributed by atoms with Crippen LogP contribution < -0.4 is 4.68 Å². The highest BCUT2D eigenvalue weighted by Crippen LogP contribution is 2.13. The van der Waals surface area contributed by atoms with E-state index in [1.165, 1.54) is 29.5 Å². The molecular weight excluding hydrogens is 274 g/mol. The van der Waals surface area contributed by atoms with Crippen LogP contribution in [0, 0.1) is 0 Å². The first-order valence-electron chi connectivity index (χ1n) is 5.31. The summed E-state index contributed by atoms with van der Waals surface area (Å²) in [5, 5.41) is 13.4. The monoisotopic (exact) mass is 285 g/mol. The average Bonchev–Trinajstić information content (AvgIpc) is 2.80. The lowest BCUT2D eigenvalue weighted by Gasteiger charge is -2.09. The Morgan fingerprint density at radius 1 is 1.53 bits per heavy atom. The van der Waals surface area contributed by atoms with Crippen molar-refractivity contribution in [3.63, 3.8) is 0 Å². The molecule has 0 aliphatic heterocycles. The second-order valence-electron chi connectivity index (χ2n) is 3.85. The van der Waals surface area contributed by atoms with Gasteiger partial charge in [0.05, 0.1) is 27.6 Å². The molecule has 2 heterocycles. The molecule has 0 bridgehead atoms. The summed E-state index contributed by atoms with van der Waals surface area (Å²) in [4.78, 5) is 3.94. The molecule has 0 saturated heterocycles. The first kappa shape index (κ1) is 13.6. The zero-order valence-electron chi connectivity index (χ0n) is 9.71. The van der Waals surface area contributed by atoms with E-state index in [4.69, 9.17) is 4.42 Å². The Bertz CT molecular complexity index is 624. The van der Waals surface area contributed by atoms with Crippen molar-refractivity contribution in [2.45, 2.75) is 12.6 Å². The van der Waals surface area contributed by atoms with Crippen LogP contribution in [0.2, 0.25) is 0 Å². The van der Waals surface area contributed by atoms with Gasteiger partial charge in [0, 0.05) is 6.07 Å². The highest BCUT2D eigenvalue weighted by Gasteiger charge is 2.16. The number of hydrogen-bond donors (Lipinski definition) is 1. The van der Waals surface area contributed by atoms with Crippen molar-refractivity contribution < 1.29 is 27.2 Å². The summed E-state index contributed by atoms with van der Waals surface area (Å²) in [5.41, 5.74) is 0.646. The van der Waals surface area contributed by atoms with Gasteiger partial charge in [-0.1, -0.05) is 4.68 Å². The molecule has 1 atom stereocenters. The van der Waals surface area contributed by atoms with Crippen molar-refractivity contribution in [2.75, 3.05) is 5.75 Å². The zero-order valence-corrected chi connectivity index (χ0v) is 10.5. The molecule has 0 spiro atoms. The van der Waals surface area contributed by atoms with Crippen molar-refractivity contribution in [3.05, 3.63) is 30.9 Å². The molecule has 2 aromatic heterocycles. The second-order valence-corrected chi connectivity index (χ2v) is 5.30. The van der Waals surface area contributed by atoms with Gasteiger partial charge in [-0.3, -0.25) is 0 Å². The Labute approximate surface area is 109 Å². The van der Waals surface area contributed by atoms with Gasteiger partial charge in [0.2, 0.25) is 12.4 Å². The van der Waals surface area contributed by atoms with Crippen molar-refractivity contribution in [3.8, 4) is 11.5 Å². The van der Waals surface area contributed by atoms with Gasteiger partial charge in [-0.2, -0.15) is 0 Å². The largest absolute Gasteiger partial charge is 0.748 e. The van der Waals surface area contributed by atoms with E-state index < -0.39 is 22.0 Å². The third kappa shape index (κ3) is 4.09. The smallest absolute Gasteiger partial charge is 0.227 e. The van der Waals surface area contributed by atoms with Crippen LogP contribution in [0.3, 0.4) is 0 Å². The highest BCUT2D eigenvalue weighted by molar-refractivity contribution is 7.85. The maximum absolute atomic E-state index is 10.5. The topological polar surface area (TPSA) is 120 Å². The normalized spacial score (nSPS) is 13.4. The Hall–Kier alpha value is -1.84. The molecular formula is C10H11N3O5S. The van der Waals surface area contributed by atoms with Crippen molar-refractivity contribution in [2.24, 2.45) is 0 Å². The van der Waals surface area contributed by atoms with E-state index in [-0.39, 0.29) is 6.54 Å². The van der Waals surface area contributed by atoms with Gasteiger partial charge < -0.3 is 14.1 Å². The van der Waals surface area contributed by atoms with Gasteiger partial charge in [-0.05, 0) is 5.10 Å². The lowest BCUT2D eigenvalue weighted by molar-refractivity contribution is -0.758. The Balaban J connectivity index is 2.03. The molecule has 9 heteroatoms. The first-order valence-corrected chi connectivity index (χ1v) is 6.89. The fourth-order valence-corrected chi connectivity index (χ4v) is 2.07. The predicted molar refractivity (Wildman–Crippen MR) is 60.5 cm³/mol. The SMILES string of the molecule is O=S(=O)([O-])CC(O)C[n+]1ccc(-c2ncco2)cn1. The Morgan fingerprint density at radius 2 is 2.32 bits per heavy atom. The lowest BCUT2D eigenvalue weighted by Crippen LogP contribution is -2.44. The number of aliphatic hydroxyl groups is 1. The van der Waals surface area contributed by atoms with Crippen molar-refractivity contribution >= 4 is 10.1 Å². The van der Waals surface area contributed by atoms with Crippen LogP contribution >= 0.6 is 0 Å². The van der Waals surface area contributed by atoms with Crippen LogP contribution in [-0.4, -0.2) is 40.0 Å².